The van der Waals surface area contributed by atoms with Crippen molar-refractivity contribution < 1.29 is 9.32 Å². The van der Waals surface area contributed by atoms with Crippen LogP contribution >= 0.6 is 8.15 Å². The van der Waals surface area contributed by atoms with Gasteiger partial charge in [0, 0.05) is 7.11 Å². The highest BCUT2D eigenvalue weighted by Gasteiger charge is 2.03. The summed E-state index contributed by atoms with van der Waals surface area (Å²) < 4.78 is 4.60. The molecule has 0 spiro atoms. The first kappa shape index (κ1) is 6.86. The van der Waals surface area contributed by atoms with Gasteiger partial charge < -0.3 is 10.3 Å². The van der Waals surface area contributed by atoms with Crippen molar-refractivity contribution in [1.29, 1.82) is 0 Å². The zero-order valence-corrected chi connectivity index (χ0v) is 5.24. The molecule has 0 radical (unpaired) electrons. The molecule has 0 bridgehead atoms. The second kappa shape index (κ2) is 2.94. The van der Waals surface area contributed by atoms with Crippen LogP contribution in [0.5, 0.6) is 0 Å². The van der Waals surface area contributed by atoms with Gasteiger partial charge in [-0.25, -0.2) is 0 Å². The van der Waals surface area contributed by atoms with E-state index in [0.717, 1.165) is 0 Å². The van der Waals surface area contributed by atoms with Gasteiger partial charge in [0.2, 0.25) is 0 Å². The zero-order chi connectivity index (χ0) is 5.86. The smallest absolute Gasteiger partial charge is 0.265 e. The predicted molar refractivity (Wildman–Crippen MR) is 29.4 cm³/mol. The lowest BCUT2D eigenvalue weighted by Gasteiger charge is -1.99. The minimum Gasteiger partial charge on any atom is -0.364 e. The Hall–Kier alpha value is -0.140. The van der Waals surface area contributed by atoms with Crippen LogP contribution in [0.15, 0.2) is 0 Å². The van der Waals surface area contributed by atoms with Gasteiger partial charge in [-0.05, 0) is 6.66 Å². The quantitative estimate of drug-likeness (QED) is 0.547. The molecule has 0 aromatic rings. The number of hydrogen-bond acceptors (Lipinski definition) is 2. The molecule has 0 heterocycles. The SMILES string of the molecule is CO[P@@](C)C(N)=O. The van der Waals surface area contributed by atoms with Crippen molar-refractivity contribution in [1.82, 2.24) is 0 Å². The van der Waals surface area contributed by atoms with Crippen molar-refractivity contribution in [2.24, 2.45) is 5.73 Å². The van der Waals surface area contributed by atoms with Crippen LogP contribution in [0.4, 0.5) is 4.79 Å². The normalized spacial score (nSPS) is 13.4. The van der Waals surface area contributed by atoms with Crippen LogP contribution in [0.2, 0.25) is 0 Å². The van der Waals surface area contributed by atoms with E-state index in [0.29, 0.717) is 0 Å². The molecule has 0 aliphatic heterocycles. The Labute approximate surface area is 43.7 Å². The fourth-order valence-electron chi connectivity index (χ4n) is 0.0900. The molecular formula is C3H8NO2P. The zero-order valence-electron chi connectivity index (χ0n) is 4.34. The largest absolute Gasteiger partial charge is 0.364 e. The highest BCUT2D eigenvalue weighted by atomic mass is 31.1. The summed E-state index contributed by atoms with van der Waals surface area (Å²) >= 11 is 0. The van der Waals surface area contributed by atoms with Gasteiger partial charge in [-0.1, -0.05) is 0 Å². The average molecular weight is 121 g/mol. The van der Waals surface area contributed by atoms with Crippen molar-refractivity contribution >= 4 is 13.8 Å². The van der Waals surface area contributed by atoms with Gasteiger partial charge >= 0.3 is 0 Å². The summed E-state index contributed by atoms with van der Waals surface area (Å²) in [6, 6.07) is 0. The number of nitrogens with two attached hydrogens (primary N) is 1. The highest BCUT2D eigenvalue weighted by molar-refractivity contribution is 7.69. The maximum absolute atomic E-state index is 10.1. The van der Waals surface area contributed by atoms with Gasteiger partial charge in [0.1, 0.15) is 8.15 Å². The van der Waals surface area contributed by atoms with E-state index in [9.17, 15) is 4.79 Å². The maximum atomic E-state index is 10.1. The number of carbonyl (C=O) groups excluding carboxylic acids is 1. The summed E-state index contributed by atoms with van der Waals surface area (Å²) in [6.07, 6.45) is 0. The lowest BCUT2D eigenvalue weighted by Crippen LogP contribution is -2.05. The van der Waals surface area contributed by atoms with Gasteiger partial charge in [-0.15, -0.1) is 0 Å². The molecule has 0 aliphatic rings. The molecule has 0 aromatic carbocycles. The lowest BCUT2D eigenvalue weighted by molar-refractivity contribution is 0.264. The second-order valence-corrected chi connectivity index (χ2v) is 2.82. The van der Waals surface area contributed by atoms with Crippen LogP contribution in [0.1, 0.15) is 0 Å². The van der Waals surface area contributed by atoms with Crippen molar-refractivity contribution in [2.75, 3.05) is 13.8 Å². The first-order valence-corrected chi connectivity index (χ1v) is 3.46. The molecule has 2 N–H and O–H groups in total. The van der Waals surface area contributed by atoms with Crippen molar-refractivity contribution in [2.45, 2.75) is 0 Å². The lowest BCUT2D eigenvalue weighted by atomic mass is 11.5. The Morgan fingerprint density at radius 2 is 2.29 bits per heavy atom. The van der Waals surface area contributed by atoms with Gasteiger partial charge in [-0.3, -0.25) is 4.79 Å². The van der Waals surface area contributed by atoms with Crippen LogP contribution < -0.4 is 5.73 Å². The van der Waals surface area contributed by atoms with E-state index in [4.69, 9.17) is 5.73 Å². The van der Waals surface area contributed by atoms with E-state index in [1.807, 2.05) is 0 Å². The molecule has 0 aliphatic carbocycles. The Bertz CT molecular complexity index is 75.3. The average Bonchev–Trinajstić information content (AvgIpc) is 1.65. The van der Waals surface area contributed by atoms with Crippen molar-refractivity contribution in [3.05, 3.63) is 0 Å². The predicted octanol–water partition coefficient (Wildman–Crippen LogP) is 0.738. The molecular weight excluding hydrogens is 113 g/mol. The van der Waals surface area contributed by atoms with Gasteiger partial charge in [0.25, 0.3) is 5.65 Å². The maximum Gasteiger partial charge on any atom is 0.265 e. The molecule has 0 unspecified atom stereocenters. The van der Waals surface area contributed by atoms with Crippen molar-refractivity contribution in [3.63, 3.8) is 0 Å². The van der Waals surface area contributed by atoms with E-state index < -0.39 is 8.15 Å². The van der Waals surface area contributed by atoms with E-state index in [1.54, 1.807) is 6.66 Å². The third-order valence-corrected chi connectivity index (χ3v) is 1.75. The number of primary amides is 1. The molecule has 0 fully saturated rings. The summed E-state index contributed by atoms with van der Waals surface area (Å²) in [5.74, 6) is 0. The summed E-state index contributed by atoms with van der Waals surface area (Å²) in [6.45, 7) is 1.66. The van der Waals surface area contributed by atoms with Gasteiger partial charge in [0.15, 0.2) is 0 Å². The summed E-state index contributed by atoms with van der Waals surface area (Å²) in [5.41, 5.74) is 4.45. The van der Waals surface area contributed by atoms with Crippen LogP contribution in [0, 0.1) is 0 Å². The van der Waals surface area contributed by atoms with Crippen LogP contribution in [0.25, 0.3) is 0 Å². The Balaban J connectivity index is 3.34. The number of rotatable bonds is 2. The molecule has 4 heteroatoms. The third kappa shape index (κ3) is 2.54. The molecule has 0 saturated carbocycles. The first-order chi connectivity index (χ1) is 3.18. The molecule has 0 rings (SSSR count). The molecule has 1 amide bonds. The fourth-order valence-corrected chi connectivity index (χ4v) is 0.270. The number of carbonyl (C=O) groups is 1. The number of amides is 1. The third-order valence-electron chi connectivity index (χ3n) is 0.584. The molecule has 3 nitrogen and oxygen atoms in total. The minimum absolute atomic E-state index is 0.363. The molecule has 0 saturated heterocycles. The first-order valence-electron chi connectivity index (χ1n) is 1.75. The highest BCUT2D eigenvalue weighted by Crippen LogP contribution is 2.28. The minimum atomic E-state index is -0.998. The van der Waals surface area contributed by atoms with E-state index in [2.05, 4.69) is 4.52 Å². The Morgan fingerprint density at radius 3 is 2.29 bits per heavy atom. The summed E-state index contributed by atoms with van der Waals surface area (Å²) in [7, 11) is 0.470. The molecule has 0 aromatic heterocycles. The van der Waals surface area contributed by atoms with E-state index in [1.165, 1.54) is 7.11 Å². The van der Waals surface area contributed by atoms with Crippen molar-refractivity contribution in [3.8, 4) is 0 Å². The fraction of sp³-hybridized carbons (Fsp3) is 0.667. The number of hydrogen-bond donors (Lipinski definition) is 1. The molecule has 1 atom stereocenters. The van der Waals surface area contributed by atoms with E-state index in [-0.39, 0.29) is 5.65 Å². The van der Waals surface area contributed by atoms with Gasteiger partial charge in [-0.2, -0.15) is 0 Å². The summed E-state index contributed by atoms with van der Waals surface area (Å²) in [4.78, 5) is 10.1. The van der Waals surface area contributed by atoms with E-state index >= 15 is 0 Å². The standard InChI is InChI=1S/C3H8NO2P/c1-6-7(2)3(4)5/h1-2H3,(H2,4,5)/t7-/m0/s1. The topological polar surface area (TPSA) is 52.3 Å². The van der Waals surface area contributed by atoms with Crippen LogP contribution in [-0.4, -0.2) is 19.4 Å². The molecule has 7 heavy (non-hydrogen) atoms. The van der Waals surface area contributed by atoms with Crippen LogP contribution in [0.3, 0.4) is 0 Å². The van der Waals surface area contributed by atoms with Gasteiger partial charge in [0.05, 0.1) is 0 Å². The second-order valence-electron chi connectivity index (χ2n) is 1.02. The monoisotopic (exact) mass is 121 g/mol. The molecule has 42 valence electrons. The Kier molecular flexibility index (Phi) is 2.88. The Morgan fingerprint density at radius 1 is 1.86 bits per heavy atom. The summed E-state index contributed by atoms with van der Waals surface area (Å²) in [5, 5.41) is 0. The van der Waals surface area contributed by atoms with Crippen LogP contribution in [-0.2, 0) is 4.52 Å².